The summed E-state index contributed by atoms with van der Waals surface area (Å²) in [4.78, 5) is 98.3. The number of carbonyl (C=O) groups is 8. The van der Waals surface area contributed by atoms with E-state index in [9.17, 15) is 74.1 Å². The third-order valence-electron chi connectivity index (χ3n) is 11.1. The molecule has 4 unspecified atom stereocenters. The molecule has 0 aromatic carbocycles. The van der Waals surface area contributed by atoms with Gasteiger partial charge in [-0.15, -0.1) is 0 Å². The highest BCUT2D eigenvalue weighted by molar-refractivity contribution is 6.10. The summed E-state index contributed by atoms with van der Waals surface area (Å²) >= 11 is 0. The van der Waals surface area contributed by atoms with Crippen molar-refractivity contribution >= 4 is 47.6 Å². The van der Waals surface area contributed by atoms with Crippen LogP contribution in [0.15, 0.2) is 0 Å². The number of esters is 2. The highest BCUT2D eigenvalue weighted by Gasteiger charge is 2.74. The number of Topliss-reactive ketones (excluding diaryl/α,β-unsaturated/α-hetero) is 1. The molecule has 56 heavy (non-hydrogen) atoms. The lowest BCUT2D eigenvalue weighted by Crippen LogP contribution is -2.71. The molecule has 7 N–H and O–H groups in total. The maximum atomic E-state index is 13.0. The SMILES string of the molecule is CCCCC(C(=O)O)C(O)(C(=O)O)C(CCCC)(CCCC)C(=O)OC(C)=O.CCCCC(CCCC)(C(=O)O)C(O)(C(=O)O)C(CCCC)(C(C)=O)C(=O)O. The first-order valence-electron chi connectivity index (χ1n) is 19.9. The fourth-order valence-electron chi connectivity index (χ4n) is 7.73. The van der Waals surface area contributed by atoms with Crippen LogP contribution in [0.2, 0.25) is 0 Å². The minimum Gasteiger partial charge on any atom is -0.481 e. The summed E-state index contributed by atoms with van der Waals surface area (Å²) < 4.78 is 4.75. The van der Waals surface area contributed by atoms with Crippen LogP contribution < -0.4 is 0 Å². The summed E-state index contributed by atoms with van der Waals surface area (Å²) in [7, 11) is 0. The van der Waals surface area contributed by atoms with Crippen LogP contribution in [0.5, 0.6) is 0 Å². The van der Waals surface area contributed by atoms with E-state index in [1.807, 2.05) is 20.8 Å². The third-order valence-corrected chi connectivity index (χ3v) is 11.1. The summed E-state index contributed by atoms with van der Waals surface area (Å²) in [5, 5.41) is 72.7. The molecule has 0 radical (unpaired) electrons. The van der Waals surface area contributed by atoms with Crippen LogP contribution in [0.25, 0.3) is 0 Å². The van der Waals surface area contributed by atoms with Crippen molar-refractivity contribution in [2.45, 2.75) is 182 Å². The Morgan fingerprint density at radius 3 is 1.14 bits per heavy atom. The van der Waals surface area contributed by atoms with Gasteiger partial charge in [0.2, 0.25) is 5.60 Å². The number of carboxylic acids is 5. The number of hydrogen-bond donors (Lipinski definition) is 7. The quantitative estimate of drug-likeness (QED) is 0.0325. The molecule has 16 heteroatoms. The number of hydrogen-bond acceptors (Lipinski definition) is 11. The van der Waals surface area contributed by atoms with Gasteiger partial charge < -0.3 is 40.5 Å². The summed E-state index contributed by atoms with van der Waals surface area (Å²) in [5.41, 5.74) is -13.3. The Morgan fingerprint density at radius 2 is 0.875 bits per heavy atom. The molecular formula is C40H68O16. The first-order chi connectivity index (χ1) is 26.0. The normalized spacial score (nSPS) is 15.4. The van der Waals surface area contributed by atoms with Crippen LogP contribution in [0.1, 0.15) is 171 Å². The molecule has 0 fully saturated rings. The molecule has 0 heterocycles. The zero-order valence-electron chi connectivity index (χ0n) is 34.6. The average molecular weight is 805 g/mol. The fraction of sp³-hybridized carbons (Fsp3) is 0.800. The highest BCUT2D eigenvalue weighted by Crippen LogP contribution is 2.54. The number of aliphatic carboxylic acids is 5. The van der Waals surface area contributed by atoms with Gasteiger partial charge in [0, 0.05) is 6.92 Å². The van der Waals surface area contributed by atoms with E-state index in [1.165, 1.54) is 0 Å². The number of carbonyl (C=O) groups excluding carboxylic acids is 3. The molecule has 0 aliphatic rings. The van der Waals surface area contributed by atoms with Crippen molar-refractivity contribution in [1.82, 2.24) is 0 Å². The minimum atomic E-state index is -3.29. The monoisotopic (exact) mass is 804 g/mol. The van der Waals surface area contributed by atoms with Crippen molar-refractivity contribution in [3.63, 3.8) is 0 Å². The van der Waals surface area contributed by atoms with Crippen LogP contribution in [0.4, 0.5) is 0 Å². The predicted octanol–water partition coefficient (Wildman–Crippen LogP) is 6.25. The van der Waals surface area contributed by atoms with Crippen LogP contribution in [0.3, 0.4) is 0 Å². The largest absolute Gasteiger partial charge is 0.481 e. The summed E-state index contributed by atoms with van der Waals surface area (Å²) in [6, 6.07) is 0. The molecule has 4 atom stereocenters. The second-order valence-corrected chi connectivity index (χ2v) is 14.8. The van der Waals surface area contributed by atoms with E-state index >= 15 is 0 Å². The zero-order chi connectivity index (χ0) is 44.1. The van der Waals surface area contributed by atoms with Gasteiger partial charge in [0.05, 0.1) is 5.92 Å². The molecule has 0 aliphatic heterocycles. The lowest BCUT2D eigenvalue weighted by molar-refractivity contribution is -0.223. The Kier molecular flexibility index (Phi) is 23.9. The number of ether oxygens (including phenoxy) is 1. The lowest BCUT2D eigenvalue weighted by atomic mass is 9.52. The Balaban J connectivity index is 0. The van der Waals surface area contributed by atoms with E-state index in [0.717, 1.165) is 13.8 Å². The van der Waals surface area contributed by atoms with Crippen molar-refractivity contribution < 1.29 is 78.8 Å². The number of ketones is 1. The third kappa shape index (κ3) is 11.6. The molecule has 0 saturated carbocycles. The van der Waals surface area contributed by atoms with Gasteiger partial charge >= 0.3 is 41.8 Å². The summed E-state index contributed by atoms with van der Waals surface area (Å²) in [5.74, 6) is -13.6. The smallest absolute Gasteiger partial charge is 0.338 e. The number of rotatable bonds is 29. The fourth-order valence-corrected chi connectivity index (χ4v) is 7.73. The maximum Gasteiger partial charge on any atom is 0.338 e. The second-order valence-electron chi connectivity index (χ2n) is 14.8. The molecule has 0 aromatic heterocycles. The van der Waals surface area contributed by atoms with Gasteiger partial charge in [-0.2, -0.15) is 0 Å². The topological polar surface area (TPSA) is 287 Å². The first-order valence-corrected chi connectivity index (χ1v) is 19.9. The maximum absolute atomic E-state index is 13.0. The van der Waals surface area contributed by atoms with Crippen molar-refractivity contribution in [2.75, 3.05) is 0 Å². The van der Waals surface area contributed by atoms with Gasteiger partial charge in [0.1, 0.15) is 10.8 Å². The van der Waals surface area contributed by atoms with E-state index in [2.05, 4.69) is 0 Å². The van der Waals surface area contributed by atoms with E-state index < -0.39 is 87.4 Å². The molecule has 16 nitrogen and oxygen atoms in total. The molecule has 0 amide bonds. The Bertz CT molecular complexity index is 1300. The molecule has 0 saturated heterocycles. The summed E-state index contributed by atoms with van der Waals surface area (Å²) in [6.07, 6.45) is 3.83. The van der Waals surface area contributed by atoms with Crippen LogP contribution >= 0.6 is 0 Å². The van der Waals surface area contributed by atoms with Crippen molar-refractivity contribution in [2.24, 2.45) is 22.2 Å². The molecule has 324 valence electrons. The van der Waals surface area contributed by atoms with Gasteiger partial charge in [-0.3, -0.25) is 28.8 Å². The lowest BCUT2D eigenvalue weighted by Gasteiger charge is -2.50. The molecule has 0 aliphatic carbocycles. The minimum absolute atomic E-state index is 0.0890. The Hall–Kier alpha value is -3.92. The predicted molar refractivity (Wildman–Crippen MR) is 203 cm³/mol. The van der Waals surface area contributed by atoms with Gasteiger partial charge in [0.25, 0.3) is 0 Å². The van der Waals surface area contributed by atoms with Crippen molar-refractivity contribution in [3.05, 3.63) is 0 Å². The van der Waals surface area contributed by atoms with Crippen LogP contribution in [0, 0.1) is 22.2 Å². The standard InChI is InChI=1S/2C20H34O8/c1-5-8-11-18(15(22)23,12-9-6-2)20(28,17(26)27)19(14(4)21,16(24)25)13-10-7-3;1-5-8-11-15(16(22)23)20(27,17(24)25)19(12-9-6-2,13-10-7-3)18(26)28-14(4)21/h28H,5-13H2,1-4H3,(H,22,23)(H,24,25)(H,26,27);15,27H,5-13H2,1-4H3,(H,22,23)(H,24,25). The van der Waals surface area contributed by atoms with Gasteiger partial charge in [-0.25, -0.2) is 9.59 Å². The second kappa shape index (κ2) is 24.7. The van der Waals surface area contributed by atoms with Gasteiger partial charge in [-0.05, 0) is 45.4 Å². The van der Waals surface area contributed by atoms with Crippen molar-refractivity contribution in [1.29, 1.82) is 0 Å². The highest BCUT2D eigenvalue weighted by atomic mass is 16.6. The van der Waals surface area contributed by atoms with Crippen LogP contribution in [-0.2, 0) is 43.1 Å². The molecule has 0 rings (SSSR count). The zero-order valence-corrected chi connectivity index (χ0v) is 34.6. The van der Waals surface area contributed by atoms with Gasteiger partial charge in [0.15, 0.2) is 16.8 Å². The molecular weight excluding hydrogens is 736 g/mol. The number of carboxylic acid groups (broad SMARTS) is 5. The van der Waals surface area contributed by atoms with E-state index in [-0.39, 0.29) is 51.4 Å². The Labute approximate surface area is 330 Å². The molecule has 0 bridgehead atoms. The number of aliphatic hydroxyl groups is 2. The molecule has 0 aromatic rings. The van der Waals surface area contributed by atoms with E-state index in [1.54, 1.807) is 20.8 Å². The molecule has 0 spiro atoms. The number of unbranched alkanes of at least 4 members (excludes halogenated alkanes) is 6. The average Bonchev–Trinajstić information content (AvgIpc) is 3.11. The van der Waals surface area contributed by atoms with Crippen molar-refractivity contribution in [3.8, 4) is 0 Å². The van der Waals surface area contributed by atoms with Gasteiger partial charge in [-0.1, -0.05) is 119 Å². The summed E-state index contributed by atoms with van der Waals surface area (Å²) in [6.45, 7) is 12.7. The Morgan fingerprint density at radius 1 is 0.500 bits per heavy atom. The first kappa shape index (κ1) is 54.2. The van der Waals surface area contributed by atoms with E-state index in [4.69, 9.17) is 4.74 Å². The van der Waals surface area contributed by atoms with E-state index in [0.29, 0.717) is 57.8 Å². The van der Waals surface area contributed by atoms with Crippen LogP contribution in [-0.4, -0.2) is 94.5 Å².